The molecule has 0 radical (unpaired) electrons. The Hall–Kier alpha value is -3.79. The first-order valence-corrected chi connectivity index (χ1v) is 9.36. The predicted molar refractivity (Wildman–Crippen MR) is 108 cm³/mol. The number of nitrogens with one attached hydrogen (secondary N) is 2. The van der Waals surface area contributed by atoms with Crippen LogP contribution >= 0.6 is 0 Å². The molecule has 1 aromatic carbocycles. The van der Waals surface area contributed by atoms with E-state index in [0.29, 0.717) is 34.0 Å². The zero-order valence-corrected chi connectivity index (χ0v) is 16.0. The van der Waals surface area contributed by atoms with Gasteiger partial charge in [0.05, 0.1) is 11.7 Å². The van der Waals surface area contributed by atoms with Crippen LogP contribution < -0.4 is 20.1 Å². The third-order valence-corrected chi connectivity index (χ3v) is 4.61. The van der Waals surface area contributed by atoms with Crippen molar-refractivity contribution in [3.63, 3.8) is 0 Å². The highest BCUT2D eigenvalue weighted by Gasteiger charge is 2.19. The molecule has 0 saturated carbocycles. The molecule has 152 valence electrons. The summed E-state index contributed by atoms with van der Waals surface area (Å²) in [5, 5.41) is 11.2. The van der Waals surface area contributed by atoms with Crippen LogP contribution in [0.1, 0.15) is 0 Å². The number of benzene rings is 1. The molecule has 4 aromatic rings. The molecule has 5 rings (SSSR count). The average Bonchev–Trinajstić information content (AvgIpc) is 3.12. The Morgan fingerprint density at radius 2 is 2.03 bits per heavy atom. The summed E-state index contributed by atoms with van der Waals surface area (Å²) in [6.45, 7) is 1.49. The van der Waals surface area contributed by atoms with E-state index in [4.69, 9.17) is 9.47 Å². The lowest BCUT2D eigenvalue weighted by Crippen LogP contribution is -2.50. The molecule has 0 amide bonds. The Morgan fingerprint density at radius 1 is 1.13 bits per heavy atom. The Balaban J connectivity index is 1.40. The molecule has 1 aliphatic rings. The van der Waals surface area contributed by atoms with E-state index in [1.165, 1.54) is 18.6 Å². The number of nitrogens with zero attached hydrogens (tertiary/aromatic N) is 5. The highest BCUT2D eigenvalue weighted by atomic mass is 19.1. The molecule has 0 aliphatic carbocycles. The molecule has 2 N–H and O–H groups in total. The minimum Gasteiger partial charge on any atom is -0.486 e. The maximum Gasteiger partial charge on any atom is 0.256 e. The van der Waals surface area contributed by atoms with Crippen molar-refractivity contribution in [2.75, 3.05) is 18.4 Å². The second kappa shape index (κ2) is 7.56. The summed E-state index contributed by atoms with van der Waals surface area (Å²) in [7, 11) is 1.83. The van der Waals surface area contributed by atoms with Crippen molar-refractivity contribution in [1.82, 2.24) is 30.0 Å². The first-order valence-electron chi connectivity index (χ1n) is 9.36. The molecule has 1 saturated heterocycles. The van der Waals surface area contributed by atoms with Crippen molar-refractivity contribution in [2.45, 2.75) is 6.10 Å². The van der Waals surface area contributed by atoms with Gasteiger partial charge >= 0.3 is 0 Å². The molecule has 0 bridgehead atoms. The maximum atomic E-state index is 14.5. The highest BCUT2D eigenvalue weighted by molar-refractivity contribution is 5.91. The van der Waals surface area contributed by atoms with Crippen LogP contribution in [0, 0.1) is 5.82 Å². The number of ether oxygens (including phenoxy) is 2. The van der Waals surface area contributed by atoms with Crippen LogP contribution in [-0.4, -0.2) is 43.9 Å². The number of fused-ring (bicyclic) bond motifs is 1. The third kappa shape index (κ3) is 3.72. The van der Waals surface area contributed by atoms with Gasteiger partial charge in [0, 0.05) is 43.9 Å². The Labute approximate surface area is 170 Å². The van der Waals surface area contributed by atoms with E-state index >= 15 is 0 Å². The largest absolute Gasteiger partial charge is 0.486 e. The Bertz CT molecular complexity index is 1210. The number of hydrogen-bond acceptors (Lipinski definition) is 8. The van der Waals surface area contributed by atoms with Gasteiger partial charge in [0.1, 0.15) is 29.7 Å². The van der Waals surface area contributed by atoms with E-state index in [9.17, 15) is 4.39 Å². The second-order valence-corrected chi connectivity index (χ2v) is 6.86. The number of aryl methyl sites for hydroxylation is 1. The van der Waals surface area contributed by atoms with Gasteiger partial charge in [-0.15, -0.1) is 0 Å². The highest BCUT2D eigenvalue weighted by Crippen LogP contribution is 2.30. The number of rotatable bonds is 6. The summed E-state index contributed by atoms with van der Waals surface area (Å²) in [5.41, 5.74) is 0.710. The van der Waals surface area contributed by atoms with E-state index in [1.807, 2.05) is 19.3 Å². The van der Waals surface area contributed by atoms with Gasteiger partial charge < -0.3 is 20.1 Å². The van der Waals surface area contributed by atoms with E-state index in [2.05, 4.69) is 30.7 Å². The normalized spacial score (nSPS) is 13.8. The molecule has 1 fully saturated rings. The molecule has 30 heavy (non-hydrogen) atoms. The quantitative estimate of drug-likeness (QED) is 0.503. The lowest BCUT2D eigenvalue weighted by Gasteiger charge is -2.27. The van der Waals surface area contributed by atoms with Crippen LogP contribution in [0.15, 0.2) is 49.1 Å². The summed E-state index contributed by atoms with van der Waals surface area (Å²) in [5.74, 6) is 1.26. The molecule has 1 aliphatic heterocycles. The first-order chi connectivity index (χ1) is 14.6. The van der Waals surface area contributed by atoms with Gasteiger partial charge in [-0.2, -0.15) is 5.10 Å². The van der Waals surface area contributed by atoms with Gasteiger partial charge in [0.25, 0.3) is 5.88 Å². The fraction of sp³-hybridized carbons (Fsp3) is 0.200. The monoisotopic (exact) mass is 407 g/mol. The van der Waals surface area contributed by atoms with Gasteiger partial charge in [-0.05, 0) is 18.2 Å². The van der Waals surface area contributed by atoms with Crippen molar-refractivity contribution >= 4 is 22.5 Å². The summed E-state index contributed by atoms with van der Waals surface area (Å²) in [6.07, 6.45) is 4.79. The molecule has 0 atom stereocenters. The first kappa shape index (κ1) is 18.3. The van der Waals surface area contributed by atoms with Crippen molar-refractivity contribution in [2.24, 2.45) is 7.05 Å². The summed E-state index contributed by atoms with van der Waals surface area (Å²) < 4.78 is 27.4. The van der Waals surface area contributed by atoms with Crippen LogP contribution in [-0.2, 0) is 7.05 Å². The Kier molecular flexibility index (Phi) is 4.60. The summed E-state index contributed by atoms with van der Waals surface area (Å²) in [6, 6.07) is 8.31. The van der Waals surface area contributed by atoms with Crippen molar-refractivity contribution < 1.29 is 13.9 Å². The fourth-order valence-electron chi connectivity index (χ4n) is 3.00. The molecule has 3 aromatic heterocycles. The lowest BCUT2D eigenvalue weighted by molar-refractivity contribution is 0.141. The number of pyridine rings is 1. The van der Waals surface area contributed by atoms with Crippen LogP contribution in [0.3, 0.4) is 0 Å². The molecular formula is C20H18FN7O2. The zero-order valence-electron chi connectivity index (χ0n) is 16.0. The number of halogens is 1. The molecule has 0 unspecified atom stereocenters. The van der Waals surface area contributed by atoms with E-state index in [0.717, 1.165) is 13.1 Å². The number of anilines is 2. The molecule has 9 nitrogen and oxygen atoms in total. The number of hydrogen-bond donors (Lipinski definition) is 2. The predicted octanol–water partition coefficient (Wildman–Crippen LogP) is 2.78. The van der Waals surface area contributed by atoms with E-state index in [1.54, 1.807) is 22.9 Å². The molecule has 4 heterocycles. The van der Waals surface area contributed by atoms with Crippen molar-refractivity contribution in [3.8, 4) is 17.4 Å². The van der Waals surface area contributed by atoms with Crippen molar-refractivity contribution in [1.29, 1.82) is 0 Å². The van der Waals surface area contributed by atoms with Crippen LogP contribution in [0.25, 0.3) is 10.9 Å². The topological polar surface area (TPSA) is 99.0 Å². The van der Waals surface area contributed by atoms with Gasteiger partial charge in [0.15, 0.2) is 11.6 Å². The van der Waals surface area contributed by atoms with Gasteiger partial charge in [-0.3, -0.25) is 4.68 Å². The second-order valence-electron chi connectivity index (χ2n) is 6.86. The molecular weight excluding hydrogens is 389 g/mol. The maximum absolute atomic E-state index is 14.5. The minimum atomic E-state index is -0.601. The lowest BCUT2D eigenvalue weighted by atomic mass is 10.2. The van der Waals surface area contributed by atoms with Gasteiger partial charge in [-0.1, -0.05) is 0 Å². The van der Waals surface area contributed by atoms with E-state index < -0.39 is 5.82 Å². The Morgan fingerprint density at radius 3 is 2.77 bits per heavy atom. The average molecular weight is 407 g/mol. The molecule has 10 heteroatoms. The summed E-state index contributed by atoms with van der Waals surface area (Å²) in [4.78, 5) is 12.6. The smallest absolute Gasteiger partial charge is 0.256 e. The third-order valence-electron chi connectivity index (χ3n) is 4.61. The number of aromatic nitrogens is 5. The van der Waals surface area contributed by atoms with Crippen LogP contribution in [0.2, 0.25) is 0 Å². The van der Waals surface area contributed by atoms with Crippen molar-refractivity contribution in [3.05, 3.63) is 54.9 Å². The fourth-order valence-corrected chi connectivity index (χ4v) is 3.00. The van der Waals surface area contributed by atoms with Gasteiger partial charge in [0.2, 0.25) is 0 Å². The van der Waals surface area contributed by atoms with Crippen LogP contribution in [0.4, 0.5) is 16.0 Å². The van der Waals surface area contributed by atoms with Gasteiger partial charge in [-0.25, -0.2) is 19.3 Å². The minimum absolute atomic E-state index is 0.0449. The summed E-state index contributed by atoms with van der Waals surface area (Å²) >= 11 is 0. The SMILES string of the molecule is Cn1ccc(Nc2ncnc3ccc(Oc4ncc(OC5CNC5)cc4F)cc23)n1. The standard InChI is InChI=1S/C20H18FN7O2/c1-28-5-4-18(27-28)26-19-15-6-12(2-3-17(15)24-11-25-19)30-20-16(21)7-13(10-23-20)29-14-8-22-9-14/h2-7,10-11,14,22H,8-9H2,1H3,(H,24,25,26,27). The zero-order chi connectivity index (χ0) is 20.5. The van der Waals surface area contributed by atoms with Crippen LogP contribution in [0.5, 0.6) is 17.4 Å². The van der Waals surface area contributed by atoms with E-state index in [-0.39, 0.29) is 12.0 Å². The molecule has 0 spiro atoms.